The number of phenolic OH excluding ortho intramolecular Hbond substituents is 1. The third-order valence-corrected chi connectivity index (χ3v) is 2.38. The minimum atomic E-state index is -1.19. The van der Waals surface area contributed by atoms with E-state index in [1.54, 1.807) is 12.1 Å². The van der Waals surface area contributed by atoms with E-state index in [0.717, 1.165) is 0 Å². The zero-order chi connectivity index (χ0) is 13.1. The van der Waals surface area contributed by atoms with E-state index < -0.39 is 5.97 Å². The third kappa shape index (κ3) is 2.67. The molecule has 0 atom stereocenters. The van der Waals surface area contributed by atoms with Crippen LogP contribution in [0, 0.1) is 0 Å². The van der Waals surface area contributed by atoms with Gasteiger partial charge in [-0.05, 0) is 12.1 Å². The Hall–Kier alpha value is -2.34. The number of hydrogen-bond acceptors (Lipinski definition) is 5. The maximum absolute atomic E-state index is 10.9. The van der Waals surface area contributed by atoms with Gasteiger partial charge in [-0.1, -0.05) is 17.7 Å². The zero-order valence-corrected chi connectivity index (χ0v) is 9.72. The van der Waals surface area contributed by atoms with Crippen molar-refractivity contribution < 1.29 is 15.0 Å². The van der Waals surface area contributed by atoms with Crippen LogP contribution in [0.2, 0.25) is 5.15 Å². The number of nitrogens with one attached hydrogen (secondary N) is 1. The molecule has 0 amide bonds. The zero-order valence-electron chi connectivity index (χ0n) is 8.96. The largest absolute Gasteiger partial charge is 0.508 e. The molecule has 0 aliphatic heterocycles. The number of aromatic nitrogens is 2. The van der Waals surface area contributed by atoms with Crippen LogP contribution in [0.3, 0.4) is 0 Å². The maximum atomic E-state index is 10.9. The predicted molar refractivity (Wildman–Crippen MR) is 65.4 cm³/mol. The van der Waals surface area contributed by atoms with E-state index in [1.807, 2.05) is 0 Å². The van der Waals surface area contributed by atoms with Crippen molar-refractivity contribution in [3.05, 3.63) is 41.0 Å². The number of rotatable bonds is 3. The molecule has 1 aromatic carbocycles. The number of carbonyl (C=O) groups is 1. The Bertz CT molecular complexity index is 604. The molecule has 0 unspecified atom stereocenters. The molecule has 92 valence electrons. The number of phenols is 1. The highest BCUT2D eigenvalue weighted by molar-refractivity contribution is 6.32. The Morgan fingerprint density at radius 2 is 2.06 bits per heavy atom. The van der Waals surface area contributed by atoms with Gasteiger partial charge in [0, 0.05) is 17.8 Å². The number of carboxylic acids is 1. The average Bonchev–Trinajstić information content (AvgIpc) is 2.31. The normalized spacial score (nSPS) is 10.1. The van der Waals surface area contributed by atoms with Gasteiger partial charge < -0.3 is 15.5 Å². The molecule has 6 nitrogen and oxygen atoms in total. The molecule has 7 heteroatoms. The van der Waals surface area contributed by atoms with E-state index in [0.29, 0.717) is 5.69 Å². The van der Waals surface area contributed by atoms with Gasteiger partial charge in [0.2, 0.25) is 0 Å². The molecule has 0 radical (unpaired) electrons. The number of anilines is 2. The first-order chi connectivity index (χ1) is 8.56. The number of carboxylic acid groups (broad SMARTS) is 1. The van der Waals surface area contributed by atoms with Crippen molar-refractivity contribution in [1.29, 1.82) is 0 Å². The first-order valence-corrected chi connectivity index (χ1v) is 5.26. The van der Waals surface area contributed by atoms with Crippen molar-refractivity contribution in [2.75, 3.05) is 5.32 Å². The molecule has 0 spiro atoms. The highest BCUT2D eigenvalue weighted by Crippen LogP contribution is 2.21. The van der Waals surface area contributed by atoms with Crippen molar-refractivity contribution in [3.8, 4) is 5.75 Å². The van der Waals surface area contributed by atoms with E-state index in [4.69, 9.17) is 16.7 Å². The van der Waals surface area contributed by atoms with Crippen molar-refractivity contribution in [2.45, 2.75) is 0 Å². The molecule has 0 saturated carbocycles. The Kier molecular flexibility index (Phi) is 3.29. The fourth-order valence-electron chi connectivity index (χ4n) is 1.32. The molecule has 2 aromatic rings. The van der Waals surface area contributed by atoms with E-state index in [9.17, 15) is 9.90 Å². The summed E-state index contributed by atoms with van der Waals surface area (Å²) in [5.74, 6) is -0.878. The van der Waals surface area contributed by atoms with Crippen molar-refractivity contribution in [1.82, 2.24) is 10.2 Å². The minimum Gasteiger partial charge on any atom is -0.508 e. The van der Waals surface area contributed by atoms with Crippen LogP contribution in [-0.2, 0) is 0 Å². The van der Waals surface area contributed by atoms with Crippen LogP contribution in [0.1, 0.15) is 10.4 Å². The number of halogens is 1. The molecule has 0 aliphatic carbocycles. The van der Waals surface area contributed by atoms with E-state index in [2.05, 4.69) is 15.5 Å². The second-order valence-corrected chi connectivity index (χ2v) is 3.77. The van der Waals surface area contributed by atoms with Gasteiger partial charge >= 0.3 is 5.97 Å². The Balaban J connectivity index is 2.30. The summed E-state index contributed by atoms with van der Waals surface area (Å²) >= 11 is 5.60. The van der Waals surface area contributed by atoms with E-state index >= 15 is 0 Å². The fourth-order valence-corrected chi connectivity index (χ4v) is 1.49. The van der Waals surface area contributed by atoms with E-state index in [-0.39, 0.29) is 22.3 Å². The summed E-state index contributed by atoms with van der Waals surface area (Å²) in [4.78, 5) is 10.9. The van der Waals surface area contributed by atoms with Gasteiger partial charge in [-0.3, -0.25) is 0 Å². The van der Waals surface area contributed by atoms with Gasteiger partial charge in [0.1, 0.15) is 11.3 Å². The molecule has 0 aliphatic rings. The smallest absolute Gasteiger partial charge is 0.339 e. The molecule has 0 saturated heterocycles. The average molecular weight is 266 g/mol. The van der Waals surface area contributed by atoms with Crippen molar-refractivity contribution in [2.24, 2.45) is 0 Å². The molecule has 3 N–H and O–H groups in total. The fraction of sp³-hybridized carbons (Fsp3) is 0. The summed E-state index contributed by atoms with van der Waals surface area (Å²) in [6.07, 6.45) is 0. The first kappa shape index (κ1) is 12.1. The minimum absolute atomic E-state index is 0.0837. The lowest BCUT2D eigenvalue weighted by atomic mass is 10.3. The molecule has 2 rings (SSSR count). The topological polar surface area (TPSA) is 95.3 Å². The molecular formula is C11H8ClN3O3. The van der Waals surface area contributed by atoms with Crippen LogP contribution < -0.4 is 5.32 Å². The predicted octanol–water partition coefficient (Wildman–Crippen LogP) is 2.28. The van der Waals surface area contributed by atoms with Gasteiger partial charge in [0.25, 0.3) is 0 Å². The van der Waals surface area contributed by atoms with Crippen LogP contribution >= 0.6 is 11.6 Å². The van der Waals surface area contributed by atoms with Crippen LogP contribution in [-0.4, -0.2) is 26.4 Å². The lowest BCUT2D eigenvalue weighted by molar-refractivity contribution is 0.0696. The number of nitrogens with zero attached hydrogens (tertiary/aromatic N) is 2. The van der Waals surface area contributed by atoms with Crippen molar-refractivity contribution >= 4 is 29.1 Å². The Labute approximate surface area is 107 Å². The molecular weight excluding hydrogens is 258 g/mol. The standard InChI is InChI=1S/C11H8ClN3O3/c12-10-8(11(17)18)5-9(14-15-10)13-6-2-1-3-7(16)4-6/h1-5,16H,(H,13,14)(H,17,18). The lowest BCUT2D eigenvalue weighted by Crippen LogP contribution is -2.03. The number of aromatic carboxylic acids is 1. The lowest BCUT2D eigenvalue weighted by Gasteiger charge is -2.06. The summed E-state index contributed by atoms with van der Waals surface area (Å²) < 4.78 is 0. The summed E-state index contributed by atoms with van der Waals surface area (Å²) in [5.41, 5.74) is 0.414. The summed E-state index contributed by atoms with van der Waals surface area (Å²) in [6.45, 7) is 0. The summed E-state index contributed by atoms with van der Waals surface area (Å²) in [5, 5.41) is 28.0. The number of benzene rings is 1. The Morgan fingerprint density at radius 3 is 2.72 bits per heavy atom. The van der Waals surface area contributed by atoms with Crippen LogP contribution in [0.4, 0.5) is 11.5 Å². The van der Waals surface area contributed by atoms with Gasteiger partial charge in [0.15, 0.2) is 11.0 Å². The maximum Gasteiger partial charge on any atom is 0.339 e. The summed E-state index contributed by atoms with van der Waals surface area (Å²) in [7, 11) is 0. The molecule has 0 fully saturated rings. The molecule has 0 bridgehead atoms. The Morgan fingerprint density at radius 1 is 1.28 bits per heavy atom. The highest BCUT2D eigenvalue weighted by Gasteiger charge is 2.12. The van der Waals surface area contributed by atoms with Crippen LogP contribution in [0.5, 0.6) is 5.75 Å². The second kappa shape index (κ2) is 4.89. The first-order valence-electron chi connectivity index (χ1n) is 4.89. The summed E-state index contributed by atoms with van der Waals surface area (Å²) in [6, 6.07) is 7.58. The number of aromatic hydroxyl groups is 1. The SMILES string of the molecule is O=C(O)c1cc(Nc2cccc(O)c2)nnc1Cl. The third-order valence-electron chi connectivity index (χ3n) is 2.10. The van der Waals surface area contributed by atoms with E-state index in [1.165, 1.54) is 18.2 Å². The van der Waals surface area contributed by atoms with Gasteiger partial charge in [-0.25, -0.2) is 4.79 Å². The number of hydrogen-bond donors (Lipinski definition) is 3. The van der Waals surface area contributed by atoms with Gasteiger partial charge in [0.05, 0.1) is 0 Å². The monoisotopic (exact) mass is 265 g/mol. The highest BCUT2D eigenvalue weighted by atomic mass is 35.5. The van der Waals surface area contributed by atoms with Crippen molar-refractivity contribution in [3.63, 3.8) is 0 Å². The molecule has 1 heterocycles. The second-order valence-electron chi connectivity index (χ2n) is 3.41. The molecule has 1 aromatic heterocycles. The van der Waals surface area contributed by atoms with Crippen LogP contribution in [0.15, 0.2) is 30.3 Å². The molecule has 18 heavy (non-hydrogen) atoms. The quantitative estimate of drug-likeness (QED) is 0.788. The van der Waals surface area contributed by atoms with Crippen LogP contribution in [0.25, 0.3) is 0 Å². The van der Waals surface area contributed by atoms with Gasteiger partial charge in [-0.2, -0.15) is 0 Å². The van der Waals surface area contributed by atoms with Gasteiger partial charge in [-0.15, -0.1) is 10.2 Å².